The van der Waals surface area contributed by atoms with Crippen molar-refractivity contribution in [2.24, 2.45) is 0 Å². The zero-order valence-electron chi connectivity index (χ0n) is 15.3. The van der Waals surface area contributed by atoms with E-state index in [-0.39, 0.29) is 10.8 Å². The van der Waals surface area contributed by atoms with E-state index >= 15 is 0 Å². The molecule has 0 aliphatic carbocycles. The number of anilines is 2. The van der Waals surface area contributed by atoms with Crippen LogP contribution in [0.15, 0.2) is 47.5 Å². The van der Waals surface area contributed by atoms with E-state index < -0.39 is 10.0 Å². The molecule has 2 N–H and O–H groups in total. The topological polar surface area (TPSA) is 91.4 Å². The van der Waals surface area contributed by atoms with Crippen LogP contribution in [0.3, 0.4) is 0 Å². The van der Waals surface area contributed by atoms with Crippen LogP contribution in [0.1, 0.15) is 36.5 Å². The summed E-state index contributed by atoms with van der Waals surface area (Å²) in [6, 6.07) is 9.57. The third-order valence-electron chi connectivity index (χ3n) is 4.45. The number of piperidine rings is 1. The molecule has 27 heavy (non-hydrogen) atoms. The van der Waals surface area contributed by atoms with Gasteiger partial charge >= 0.3 is 0 Å². The van der Waals surface area contributed by atoms with E-state index in [4.69, 9.17) is 0 Å². The monoisotopic (exact) mass is 388 g/mol. The summed E-state index contributed by atoms with van der Waals surface area (Å²) in [5.74, 6) is 0.612. The van der Waals surface area contributed by atoms with Crippen LogP contribution in [0.25, 0.3) is 0 Å². The van der Waals surface area contributed by atoms with Gasteiger partial charge in [0, 0.05) is 25.2 Å². The van der Waals surface area contributed by atoms with Crippen LogP contribution >= 0.6 is 0 Å². The minimum Gasteiger partial charge on any atom is -0.357 e. The Bertz CT molecular complexity index is 874. The lowest BCUT2D eigenvalue weighted by atomic mass is 10.1. The van der Waals surface area contributed by atoms with Crippen molar-refractivity contribution in [3.05, 3.63) is 48.2 Å². The number of amides is 1. The van der Waals surface area contributed by atoms with Crippen molar-refractivity contribution in [1.29, 1.82) is 0 Å². The molecule has 1 aromatic heterocycles. The molecule has 3 rings (SSSR count). The van der Waals surface area contributed by atoms with Gasteiger partial charge in [-0.25, -0.2) is 18.1 Å². The van der Waals surface area contributed by atoms with Gasteiger partial charge in [0.25, 0.3) is 5.91 Å². The van der Waals surface area contributed by atoms with Crippen LogP contribution in [0.5, 0.6) is 0 Å². The highest BCUT2D eigenvalue weighted by atomic mass is 32.2. The Kier molecular flexibility index (Phi) is 6.08. The number of benzene rings is 1. The molecule has 0 saturated carbocycles. The largest absolute Gasteiger partial charge is 0.357 e. The predicted molar refractivity (Wildman–Crippen MR) is 106 cm³/mol. The number of aromatic nitrogens is 1. The van der Waals surface area contributed by atoms with Crippen molar-refractivity contribution in [3.8, 4) is 0 Å². The average Bonchev–Trinajstić information content (AvgIpc) is 2.69. The van der Waals surface area contributed by atoms with E-state index in [0.29, 0.717) is 17.8 Å². The highest BCUT2D eigenvalue weighted by Crippen LogP contribution is 2.19. The molecule has 2 aromatic rings. The number of rotatable bonds is 6. The Hall–Kier alpha value is -2.45. The maximum atomic E-state index is 12.4. The first-order chi connectivity index (χ1) is 13.0. The maximum absolute atomic E-state index is 12.4. The second-order valence-corrected chi connectivity index (χ2v) is 8.20. The highest BCUT2D eigenvalue weighted by Gasteiger charge is 2.15. The average molecular weight is 388 g/mol. The minimum absolute atomic E-state index is 0.133. The van der Waals surface area contributed by atoms with Gasteiger partial charge in [-0.15, -0.1) is 0 Å². The summed E-state index contributed by atoms with van der Waals surface area (Å²) in [6.45, 7) is 4.05. The van der Waals surface area contributed by atoms with Gasteiger partial charge in [0.15, 0.2) is 0 Å². The smallest absolute Gasteiger partial charge is 0.255 e. The van der Waals surface area contributed by atoms with Gasteiger partial charge in [0.2, 0.25) is 10.0 Å². The second kappa shape index (κ2) is 8.49. The first kappa shape index (κ1) is 19.3. The summed E-state index contributed by atoms with van der Waals surface area (Å²) in [6.07, 6.45) is 5.27. The Morgan fingerprint density at radius 3 is 2.37 bits per heavy atom. The van der Waals surface area contributed by atoms with Gasteiger partial charge in [-0.3, -0.25) is 4.79 Å². The fourth-order valence-corrected chi connectivity index (χ4v) is 4.07. The summed E-state index contributed by atoms with van der Waals surface area (Å²) >= 11 is 0. The molecular weight excluding hydrogens is 364 g/mol. The van der Waals surface area contributed by atoms with Crippen LogP contribution in [-0.2, 0) is 10.0 Å². The third kappa shape index (κ3) is 4.84. The molecule has 1 aromatic carbocycles. The van der Waals surface area contributed by atoms with Crippen molar-refractivity contribution in [3.63, 3.8) is 0 Å². The van der Waals surface area contributed by atoms with Crippen molar-refractivity contribution in [2.45, 2.75) is 31.1 Å². The molecule has 1 aliphatic heterocycles. The number of hydrogen-bond acceptors (Lipinski definition) is 5. The Balaban J connectivity index is 1.64. The minimum atomic E-state index is -3.52. The second-order valence-electron chi connectivity index (χ2n) is 6.43. The van der Waals surface area contributed by atoms with Gasteiger partial charge in [-0.05, 0) is 55.7 Å². The summed E-state index contributed by atoms with van der Waals surface area (Å²) in [4.78, 5) is 19.2. The Morgan fingerprint density at radius 1 is 1.07 bits per heavy atom. The standard InChI is InChI=1S/C19H24N4O3S/c1-2-21-27(25,26)17-9-6-15(7-10-17)19(24)22-16-8-11-18(20-14-16)23-12-4-3-5-13-23/h6-11,14,21H,2-5,12-13H2,1H3,(H,22,24). The molecule has 0 atom stereocenters. The lowest BCUT2D eigenvalue weighted by Gasteiger charge is -2.27. The molecule has 8 heteroatoms. The van der Waals surface area contributed by atoms with Crippen LogP contribution in [0, 0.1) is 0 Å². The fourth-order valence-electron chi connectivity index (χ4n) is 3.03. The van der Waals surface area contributed by atoms with Crippen LogP contribution in [0.2, 0.25) is 0 Å². The van der Waals surface area contributed by atoms with Crippen LogP contribution in [-0.4, -0.2) is 38.9 Å². The zero-order valence-corrected chi connectivity index (χ0v) is 16.1. The van der Waals surface area contributed by atoms with Gasteiger partial charge in [0.05, 0.1) is 16.8 Å². The maximum Gasteiger partial charge on any atom is 0.255 e. The molecule has 2 heterocycles. The molecule has 1 aliphatic rings. The molecule has 1 saturated heterocycles. The molecular formula is C19H24N4O3S. The lowest BCUT2D eigenvalue weighted by molar-refractivity contribution is 0.102. The third-order valence-corrected chi connectivity index (χ3v) is 6.01. The summed E-state index contributed by atoms with van der Waals surface area (Å²) in [7, 11) is -3.52. The van der Waals surface area contributed by atoms with Gasteiger partial charge in [-0.2, -0.15) is 0 Å². The lowest BCUT2D eigenvalue weighted by Crippen LogP contribution is -2.30. The number of carbonyl (C=O) groups excluding carboxylic acids is 1. The van der Waals surface area contributed by atoms with Crippen LogP contribution in [0.4, 0.5) is 11.5 Å². The van der Waals surface area contributed by atoms with E-state index in [1.807, 2.05) is 12.1 Å². The SMILES string of the molecule is CCNS(=O)(=O)c1ccc(C(=O)Nc2ccc(N3CCCCC3)nc2)cc1. The van der Waals surface area contributed by atoms with Gasteiger partial charge in [0.1, 0.15) is 5.82 Å². The first-order valence-corrected chi connectivity index (χ1v) is 10.6. The van der Waals surface area contributed by atoms with E-state index in [9.17, 15) is 13.2 Å². The Morgan fingerprint density at radius 2 is 1.78 bits per heavy atom. The number of pyridine rings is 1. The van der Waals surface area contributed by atoms with E-state index in [1.165, 1.54) is 43.5 Å². The van der Waals surface area contributed by atoms with Gasteiger partial charge < -0.3 is 10.2 Å². The first-order valence-electron chi connectivity index (χ1n) is 9.11. The van der Waals surface area contributed by atoms with Crippen molar-refractivity contribution < 1.29 is 13.2 Å². The number of carbonyl (C=O) groups is 1. The predicted octanol–water partition coefficient (Wildman–Crippen LogP) is 2.62. The molecule has 7 nitrogen and oxygen atoms in total. The number of nitrogens with zero attached hydrogens (tertiary/aromatic N) is 2. The number of nitrogens with one attached hydrogen (secondary N) is 2. The molecule has 0 spiro atoms. The van der Waals surface area contributed by atoms with E-state index in [2.05, 4.69) is 19.9 Å². The molecule has 1 fully saturated rings. The summed E-state index contributed by atoms with van der Waals surface area (Å²) < 4.78 is 26.3. The quantitative estimate of drug-likeness (QED) is 0.794. The molecule has 0 radical (unpaired) electrons. The number of sulfonamides is 1. The number of hydrogen-bond donors (Lipinski definition) is 2. The molecule has 0 unspecified atom stereocenters. The van der Waals surface area contributed by atoms with E-state index in [1.54, 1.807) is 13.1 Å². The van der Waals surface area contributed by atoms with Crippen molar-refractivity contribution in [2.75, 3.05) is 29.9 Å². The highest BCUT2D eigenvalue weighted by molar-refractivity contribution is 7.89. The van der Waals surface area contributed by atoms with Gasteiger partial charge in [-0.1, -0.05) is 6.92 Å². The van der Waals surface area contributed by atoms with Crippen LogP contribution < -0.4 is 14.9 Å². The zero-order chi connectivity index (χ0) is 19.3. The molecule has 144 valence electrons. The Labute approximate surface area is 159 Å². The van der Waals surface area contributed by atoms with Crippen molar-refractivity contribution in [1.82, 2.24) is 9.71 Å². The van der Waals surface area contributed by atoms with Crippen molar-refractivity contribution >= 4 is 27.4 Å². The molecule has 0 bridgehead atoms. The summed E-state index contributed by atoms with van der Waals surface area (Å²) in [5.41, 5.74) is 0.982. The molecule has 1 amide bonds. The normalized spacial score (nSPS) is 14.8. The fraction of sp³-hybridized carbons (Fsp3) is 0.368. The van der Waals surface area contributed by atoms with E-state index in [0.717, 1.165) is 18.9 Å². The summed E-state index contributed by atoms with van der Waals surface area (Å²) in [5, 5.41) is 2.79.